The number of aryl methyl sites for hydroxylation is 3. The highest BCUT2D eigenvalue weighted by Gasteiger charge is 2.48. The molecule has 34 heavy (non-hydrogen) atoms. The van der Waals surface area contributed by atoms with E-state index >= 15 is 0 Å². The summed E-state index contributed by atoms with van der Waals surface area (Å²) in [5.41, 5.74) is 12.9. The zero-order valence-corrected chi connectivity index (χ0v) is 20.9. The molecule has 0 N–H and O–H groups in total. The van der Waals surface area contributed by atoms with E-state index in [2.05, 4.69) is 112 Å². The minimum Gasteiger partial charge on any atom is -0.0651 e. The molecule has 0 heterocycles. The highest BCUT2D eigenvalue weighted by Crippen LogP contribution is 2.58. The van der Waals surface area contributed by atoms with Gasteiger partial charge >= 0.3 is 0 Å². The number of hydrogen-bond donors (Lipinski definition) is 0. The molecule has 0 heteroatoms. The van der Waals surface area contributed by atoms with Crippen LogP contribution in [0.5, 0.6) is 0 Å². The monoisotopic (exact) mass is 444 g/mol. The summed E-state index contributed by atoms with van der Waals surface area (Å²) in [4.78, 5) is 0. The fraction of sp³-hybridized carbons (Fsp3) is 0.294. The molecule has 1 aliphatic rings. The van der Waals surface area contributed by atoms with Crippen LogP contribution in [0.25, 0.3) is 11.1 Å². The lowest BCUT2D eigenvalue weighted by Gasteiger charge is -2.36. The Labute approximate surface area is 205 Å². The quantitative estimate of drug-likeness (QED) is 0.224. The van der Waals surface area contributed by atoms with Gasteiger partial charge in [0.1, 0.15) is 0 Å². The van der Waals surface area contributed by atoms with Crippen molar-refractivity contribution in [2.45, 2.75) is 64.7 Å². The first-order valence-electron chi connectivity index (χ1n) is 13.2. The summed E-state index contributed by atoms with van der Waals surface area (Å²) in [6.07, 6.45) is 6.82. The minimum atomic E-state index is -0.284. The number of fused-ring (bicyclic) bond motifs is 3. The third-order valence-electron chi connectivity index (χ3n) is 7.46. The van der Waals surface area contributed by atoms with Crippen LogP contribution in [0.15, 0.2) is 91.0 Å². The summed E-state index contributed by atoms with van der Waals surface area (Å²) in [7, 11) is 0. The topological polar surface area (TPSA) is 0 Å². The van der Waals surface area contributed by atoms with Crippen LogP contribution in [0.1, 0.15) is 79.0 Å². The van der Waals surface area contributed by atoms with Crippen molar-refractivity contribution in [1.82, 2.24) is 0 Å². The van der Waals surface area contributed by atoms with E-state index in [4.69, 9.17) is 0 Å². The lowest BCUT2D eigenvalue weighted by atomic mass is 9.65. The van der Waals surface area contributed by atoms with Gasteiger partial charge < -0.3 is 0 Å². The molecule has 0 atom stereocenters. The maximum atomic E-state index is 2.53. The van der Waals surface area contributed by atoms with Crippen molar-refractivity contribution in [3.8, 4) is 11.1 Å². The van der Waals surface area contributed by atoms with Gasteiger partial charge in [-0.2, -0.15) is 0 Å². The molecule has 172 valence electrons. The summed E-state index contributed by atoms with van der Waals surface area (Å²) >= 11 is 0. The van der Waals surface area contributed by atoms with Gasteiger partial charge in [-0.3, -0.25) is 0 Å². The van der Waals surface area contributed by atoms with Crippen LogP contribution in [0.4, 0.5) is 0 Å². The van der Waals surface area contributed by atoms with Crippen LogP contribution in [0.2, 0.25) is 0 Å². The Morgan fingerprint density at radius 1 is 0.500 bits per heavy atom. The molecule has 0 aliphatic heterocycles. The van der Waals surface area contributed by atoms with Crippen molar-refractivity contribution in [3.63, 3.8) is 0 Å². The van der Waals surface area contributed by atoms with Crippen molar-refractivity contribution in [3.05, 3.63) is 130 Å². The molecule has 0 amide bonds. The second-order valence-electron chi connectivity index (χ2n) is 9.75. The Hall–Kier alpha value is -3.12. The molecular weight excluding hydrogens is 408 g/mol. The number of rotatable bonds is 8. The molecule has 0 aromatic heterocycles. The molecular formula is C34H36. The third-order valence-corrected chi connectivity index (χ3v) is 7.46. The van der Waals surface area contributed by atoms with E-state index in [1.54, 1.807) is 0 Å². The summed E-state index contributed by atoms with van der Waals surface area (Å²) in [6.45, 7) is 6.91. The maximum Gasteiger partial charge on any atom is 0.0718 e. The van der Waals surface area contributed by atoms with Crippen molar-refractivity contribution in [1.29, 1.82) is 0 Å². The molecule has 0 fully saturated rings. The van der Waals surface area contributed by atoms with Crippen molar-refractivity contribution >= 4 is 0 Å². The molecule has 4 aromatic rings. The Balaban J connectivity index is 1.99. The molecule has 0 unspecified atom stereocenters. The summed E-state index contributed by atoms with van der Waals surface area (Å²) < 4.78 is 0. The van der Waals surface area contributed by atoms with E-state index < -0.39 is 0 Å². The van der Waals surface area contributed by atoms with Gasteiger partial charge in [0.05, 0.1) is 5.41 Å². The molecule has 0 saturated heterocycles. The predicted octanol–water partition coefficient (Wildman–Crippen LogP) is 8.91. The summed E-state index contributed by atoms with van der Waals surface area (Å²) in [6, 6.07) is 34.6. The summed E-state index contributed by atoms with van der Waals surface area (Å²) in [5, 5.41) is 0. The van der Waals surface area contributed by atoms with Gasteiger partial charge in [-0.05, 0) is 69.3 Å². The first-order chi connectivity index (χ1) is 16.7. The Bertz CT molecular complexity index is 1220. The minimum absolute atomic E-state index is 0.284. The van der Waals surface area contributed by atoms with E-state index in [0.29, 0.717) is 0 Å². The highest BCUT2D eigenvalue weighted by molar-refractivity contribution is 5.89. The zero-order chi connectivity index (χ0) is 23.5. The maximum absolute atomic E-state index is 2.53. The van der Waals surface area contributed by atoms with Gasteiger partial charge in [0, 0.05) is 0 Å². The largest absolute Gasteiger partial charge is 0.0718 e. The van der Waals surface area contributed by atoms with Crippen LogP contribution in [-0.2, 0) is 24.7 Å². The van der Waals surface area contributed by atoms with Crippen LogP contribution >= 0.6 is 0 Å². The first-order valence-corrected chi connectivity index (χ1v) is 13.2. The Morgan fingerprint density at radius 3 is 1.65 bits per heavy atom. The first kappa shape index (κ1) is 22.7. The van der Waals surface area contributed by atoms with Gasteiger partial charge in [-0.1, -0.05) is 131 Å². The van der Waals surface area contributed by atoms with Gasteiger partial charge in [-0.25, -0.2) is 0 Å². The normalized spacial score (nSPS) is 13.5. The van der Waals surface area contributed by atoms with Gasteiger partial charge in [0.25, 0.3) is 0 Å². The number of hydrogen-bond acceptors (Lipinski definition) is 0. The summed E-state index contributed by atoms with van der Waals surface area (Å²) in [5.74, 6) is 0. The van der Waals surface area contributed by atoms with E-state index in [0.717, 1.165) is 32.1 Å². The molecule has 5 rings (SSSR count). The molecule has 0 nitrogen and oxygen atoms in total. The number of benzene rings is 4. The van der Waals surface area contributed by atoms with Crippen molar-refractivity contribution < 1.29 is 0 Å². The predicted molar refractivity (Wildman–Crippen MR) is 146 cm³/mol. The second kappa shape index (κ2) is 9.63. The lowest BCUT2D eigenvalue weighted by Crippen LogP contribution is -2.31. The van der Waals surface area contributed by atoms with Gasteiger partial charge in [0.15, 0.2) is 0 Å². The van der Waals surface area contributed by atoms with Crippen molar-refractivity contribution in [2.75, 3.05) is 0 Å². The molecule has 4 aromatic carbocycles. The SMILES string of the molecule is CCCc1cc(CCC)c2c(c1)-c1cccc(CCC)c1C2(c1ccccc1)c1ccccc1. The average molecular weight is 445 g/mol. The van der Waals surface area contributed by atoms with Crippen LogP contribution in [-0.4, -0.2) is 0 Å². The molecule has 0 bridgehead atoms. The smallest absolute Gasteiger partial charge is 0.0651 e. The lowest BCUT2D eigenvalue weighted by molar-refractivity contribution is 0.729. The zero-order valence-electron chi connectivity index (χ0n) is 20.9. The van der Waals surface area contributed by atoms with E-state index in [-0.39, 0.29) is 5.41 Å². The van der Waals surface area contributed by atoms with Crippen LogP contribution in [0, 0.1) is 0 Å². The Kier molecular flexibility index (Phi) is 6.42. The van der Waals surface area contributed by atoms with E-state index in [1.807, 2.05) is 0 Å². The highest BCUT2D eigenvalue weighted by atomic mass is 14.5. The standard InChI is InChI=1S/C34H36/c1-4-14-25-23-27(16-6-3)33-31(24-25)30-22-13-17-26(15-5-2)32(30)34(33,28-18-9-7-10-19-28)29-20-11-8-12-21-29/h7-13,17-24H,4-6,14-16H2,1-3H3. The molecule has 0 spiro atoms. The average Bonchev–Trinajstić information content (AvgIpc) is 3.18. The molecule has 1 aliphatic carbocycles. The van der Waals surface area contributed by atoms with E-state index in [9.17, 15) is 0 Å². The van der Waals surface area contributed by atoms with Crippen LogP contribution in [0.3, 0.4) is 0 Å². The van der Waals surface area contributed by atoms with Crippen molar-refractivity contribution in [2.24, 2.45) is 0 Å². The second-order valence-corrected chi connectivity index (χ2v) is 9.75. The molecule has 0 radical (unpaired) electrons. The van der Waals surface area contributed by atoms with Crippen LogP contribution < -0.4 is 0 Å². The fourth-order valence-electron chi connectivity index (χ4n) is 6.31. The Morgan fingerprint density at radius 2 is 1.06 bits per heavy atom. The van der Waals surface area contributed by atoms with E-state index in [1.165, 1.54) is 56.5 Å². The van der Waals surface area contributed by atoms with Gasteiger partial charge in [0.2, 0.25) is 0 Å². The van der Waals surface area contributed by atoms with Gasteiger partial charge in [-0.15, -0.1) is 0 Å². The fourth-order valence-corrected chi connectivity index (χ4v) is 6.31. The molecule has 0 saturated carbocycles. The third kappa shape index (κ3) is 3.52.